The largest absolute Gasteiger partial charge is 0.496 e. The molecule has 34 heavy (non-hydrogen) atoms. The number of methoxy groups -OCH3 is 3. The molecule has 2 heterocycles. The fourth-order valence-corrected chi connectivity index (χ4v) is 5.16. The second kappa shape index (κ2) is 8.72. The number of aromatic nitrogens is 1. The summed E-state index contributed by atoms with van der Waals surface area (Å²) in [6.07, 6.45) is 1.06. The third kappa shape index (κ3) is 3.60. The van der Waals surface area contributed by atoms with Crippen molar-refractivity contribution in [2.24, 2.45) is 0 Å². The average Bonchev–Trinajstić information content (AvgIpc) is 3.22. The summed E-state index contributed by atoms with van der Waals surface area (Å²) < 4.78 is 22.4. The van der Waals surface area contributed by atoms with Crippen LogP contribution in [0.25, 0.3) is 0 Å². The van der Waals surface area contributed by atoms with E-state index >= 15 is 0 Å². The van der Waals surface area contributed by atoms with Gasteiger partial charge in [0.1, 0.15) is 5.75 Å². The van der Waals surface area contributed by atoms with Crippen molar-refractivity contribution in [3.8, 4) is 17.2 Å². The zero-order valence-electron chi connectivity index (χ0n) is 19.4. The van der Waals surface area contributed by atoms with Crippen molar-refractivity contribution >= 4 is 23.3 Å². The van der Waals surface area contributed by atoms with Crippen molar-refractivity contribution in [1.82, 2.24) is 5.16 Å². The molecular formula is C26H25ClN2O5. The quantitative estimate of drug-likeness (QED) is 0.507. The first-order valence-corrected chi connectivity index (χ1v) is 11.4. The highest BCUT2D eigenvalue weighted by Gasteiger charge is 2.42. The van der Waals surface area contributed by atoms with Crippen LogP contribution in [-0.4, -0.2) is 32.3 Å². The van der Waals surface area contributed by atoms with Crippen LogP contribution in [0.2, 0.25) is 5.02 Å². The van der Waals surface area contributed by atoms with Gasteiger partial charge in [-0.3, -0.25) is 4.79 Å². The molecule has 0 bridgehead atoms. The van der Waals surface area contributed by atoms with Gasteiger partial charge in [0, 0.05) is 34.3 Å². The van der Waals surface area contributed by atoms with Gasteiger partial charge in [-0.1, -0.05) is 28.9 Å². The van der Waals surface area contributed by atoms with Crippen molar-refractivity contribution < 1.29 is 23.5 Å². The van der Waals surface area contributed by atoms with Crippen molar-refractivity contribution in [3.63, 3.8) is 0 Å². The zero-order chi connectivity index (χ0) is 24.0. The van der Waals surface area contributed by atoms with E-state index in [9.17, 15) is 4.79 Å². The first-order chi connectivity index (χ1) is 16.4. The SMILES string of the molecule is COc1cc(OC)c(C2C3=C(CC(c4ccc(Cl)cc4)CC3=O)Nc3onc(C)c32)cc1OC. The summed E-state index contributed by atoms with van der Waals surface area (Å²) in [5.41, 5.74) is 4.94. The van der Waals surface area contributed by atoms with Gasteiger partial charge in [-0.15, -0.1) is 0 Å². The third-order valence-corrected chi connectivity index (χ3v) is 6.90. The Morgan fingerprint density at radius 2 is 1.68 bits per heavy atom. The van der Waals surface area contributed by atoms with Crippen LogP contribution in [-0.2, 0) is 4.79 Å². The monoisotopic (exact) mass is 480 g/mol. The molecule has 0 saturated heterocycles. The topological polar surface area (TPSA) is 82.8 Å². The molecule has 3 aromatic rings. The molecule has 0 amide bonds. The number of fused-ring (bicyclic) bond motifs is 1. The van der Waals surface area contributed by atoms with E-state index in [-0.39, 0.29) is 11.7 Å². The number of carbonyl (C=O) groups is 1. The van der Waals surface area contributed by atoms with E-state index in [4.69, 9.17) is 30.3 Å². The number of rotatable bonds is 5. The van der Waals surface area contributed by atoms with E-state index in [2.05, 4.69) is 10.5 Å². The molecule has 2 aromatic carbocycles. The molecule has 2 atom stereocenters. The van der Waals surface area contributed by atoms with Crippen molar-refractivity contribution in [3.05, 3.63) is 75.1 Å². The Labute approximate surface area is 202 Å². The van der Waals surface area contributed by atoms with E-state index in [1.165, 1.54) is 0 Å². The number of nitrogens with one attached hydrogen (secondary N) is 1. The molecule has 176 valence electrons. The number of halogens is 1. The maximum Gasteiger partial charge on any atom is 0.233 e. The number of benzene rings is 2. The zero-order valence-corrected chi connectivity index (χ0v) is 20.2. The second-order valence-electron chi connectivity index (χ2n) is 8.49. The Hall–Kier alpha value is -3.45. The number of ketones is 1. The summed E-state index contributed by atoms with van der Waals surface area (Å²) in [4.78, 5) is 13.7. The highest BCUT2D eigenvalue weighted by molar-refractivity contribution is 6.30. The van der Waals surface area contributed by atoms with Crippen molar-refractivity contribution in [2.75, 3.05) is 26.6 Å². The van der Waals surface area contributed by atoms with Gasteiger partial charge in [-0.2, -0.15) is 0 Å². The summed E-state index contributed by atoms with van der Waals surface area (Å²) in [6, 6.07) is 11.3. The number of Topliss-reactive ketones (excluding diaryl/α,β-unsaturated/α-hetero) is 1. The Kier molecular flexibility index (Phi) is 5.73. The van der Waals surface area contributed by atoms with Gasteiger partial charge in [0.15, 0.2) is 17.3 Å². The molecule has 0 saturated carbocycles. The van der Waals surface area contributed by atoms with Gasteiger partial charge >= 0.3 is 0 Å². The van der Waals surface area contributed by atoms with Crippen LogP contribution < -0.4 is 19.5 Å². The van der Waals surface area contributed by atoms with Crippen LogP contribution in [0.3, 0.4) is 0 Å². The Balaban J connectivity index is 1.67. The highest BCUT2D eigenvalue weighted by Crippen LogP contribution is 2.52. The number of hydrogen-bond donors (Lipinski definition) is 1. The van der Waals surface area contributed by atoms with Gasteiger partial charge in [-0.05, 0) is 43.0 Å². The number of allylic oxidation sites excluding steroid dienone is 2. The molecule has 2 unspecified atom stereocenters. The van der Waals surface area contributed by atoms with Crippen molar-refractivity contribution in [1.29, 1.82) is 0 Å². The standard InChI is InChI=1S/C26H25ClN2O5/c1-13-23-24(17-11-21(32-3)22(33-4)12-20(17)31-2)25-18(28-26(23)34-29-13)9-15(10-19(25)30)14-5-7-16(27)8-6-14/h5-8,11-12,15,24,28H,9-10H2,1-4H3. The van der Waals surface area contributed by atoms with Gasteiger partial charge < -0.3 is 24.1 Å². The number of anilines is 1. The molecule has 1 aliphatic carbocycles. The molecular weight excluding hydrogens is 456 g/mol. The lowest BCUT2D eigenvalue weighted by atomic mass is 9.72. The van der Waals surface area contributed by atoms with E-state index in [0.717, 1.165) is 22.4 Å². The number of aryl methyl sites for hydroxylation is 1. The predicted octanol–water partition coefficient (Wildman–Crippen LogP) is 5.62. The predicted molar refractivity (Wildman–Crippen MR) is 128 cm³/mol. The third-order valence-electron chi connectivity index (χ3n) is 6.65. The van der Waals surface area contributed by atoms with Crippen LogP contribution in [0.1, 0.15) is 47.1 Å². The number of carbonyl (C=O) groups excluding carboxylic acids is 1. The molecule has 0 radical (unpaired) electrons. The van der Waals surface area contributed by atoms with Crippen LogP contribution in [0.15, 0.2) is 52.2 Å². The highest BCUT2D eigenvalue weighted by atomic mass is 35.5. The molecule has 1 aromatic heterocycles. The van der Waals surface area contributed by atoms with Gasteiger partial charge in [-0.25, -0.2) is 0 Å². The normalized spacial score (nSPS) is 19.3. The molecule has 7 nitrogen and oxygen atoms in total. The Morgan fingerprint density at radius 3 is 2.35 bits per heavy atom. The van der Waals surface area contributed by atoms with Crippen LogP contribution >= 0.6 is 11.6 Å². The first kappa shape index (κ1) is 22.3. The number of ether oxygens (including phenoxy) is 3. The molecule has 2 aliphatic rings. The molecule has 8 heteroatoms. The fourth-order valence-electron chi connectivity index (χ4n) is 5.03. The second-order valence-corrected chi connectivity index (χ2v) is 8.93. The minimum Gasteiger partial charge on any atom is -0.496 e. The fraction of sp³-hybridized carbons (Fsp3) is 0.308. The Bertz CT molecular complexity index is 1300. The van der Waals surface area contributed by atoms with Gasteiger partial charge in [0.25, 0.3) is 0 Å². The average molecular weight is 481 g/mol. The van der Waals surface area contributed by atoms with E-state index < -0.39 is 5.92 Å². The smallest absolute Gasteiger partial charge is 0.233 e. The number of nitrogens with zero attached hydrogens (tertiary/aromatic N) is 1. The molecule has 0 fully saturated rings. The lowest BCUT2D eigenvalue weighted by molar-refractivity contribution is -0.116. The van der Waals surface area contributed by atoms with Gasteiger partial charge in [0.05, 0.1) is 38.5 Å². The summed E-state index contributed by atoms with van der Waals surface area (Å²) in [6.45, 7) is 1.87. The summed E-state index contributed by atoms with van der Waals surface area (Å²) >= 11 is 6.07. The van der Waals surface area contributed by atoms with E-state index in [1.54, 1.807) is 27.4 Å². The van der Waals surface area contributed by atoms with E-state index in [1.807, 2.05) is 37.3 Å². The minimum atomic E-state index is -0.411. The van der Waals surface area contributed by atoms with Gasteiger partial charge in [0.2, 0.25) is 5.88 Å². The first-order valence-electron chi connectivity index (χ1n) is 11.0. The summed E-state index contributed by atoms with van der Waals surface area (Å²) in [7, 11) is 4.76. The maximum atomic E-state index is 13.7. The molecule has 0 spiro atoms. The van der Waals surface area contributed by atoms with E-state index in [0.29, 0.717) is 52.3 Å². The summed E-state index contributed by atoms with van der Waals surface area (Å²) in [5, 5.41) is 8.22. The molecule has 1 N–H and O–H groups in total. The van der Waals surface area contributed by atoms with Crippen LogP contribution in [0.5, 0.6) is 17.2 Å². The van der Waals surface area contributed by atoms with Crippen LogP contribution in [0.4, 0.5) is 5.88 Å². The van der Waals surface area contributed by atoms with Crippen molar-refractivity contribution in [2.45, 2.75) is 31.6 Å². The lowest BCUT2D eigenvalue weighted by Crippen LogP contribution is -2.29. The summed E-state index contributed by atoms with van der Waals surface area (Å²) in [5.74, 6) is 1.93. The molecule has 5 rings (SSSR count). The maximum absolute atomic E-state index is 13.7. The minimum absolute atomic E-state index is 0.0366. The Morgan fingerprint density at radius 1 is 1.00 bits per heavy atom. The molecule has 1 aliphatic heterocycles. The van der Waals surface area contributed by atoms with Crippen LogP contribution in [0, 0.1) is 6.92 Å². The lowest BCUT2D eigenvalue weighted by Gasteiger charge is -2.35. The number of hydrogen-bond acceptors (Lipinski definition) is 7.